The quantitative estimate of drug-likeness (QED) is 0.633. The lowest BCUT2D eigenvalue weighted by molar-refractivity contribution is 0.0683. The topological polar surface area (TPSA) is 53.4 Å². The SMILES string of the molecule is CC(O)C(c1c(F)c(F)nc(F)c1F)C(C)O. The minimum Gasteiger partial charge on any atom is -0.393 e. The van der Waals surface area contributed by atoms with Crippen LogP contribution in [0, 0.1) is 23.5 Å². The molecule has 0 amide bonds. The second kappa shape index (κ2) is 4.97. The number of pyridine rings is 1. The molecule has 0 fully saturated rings. The Morgan fingerprint density at radius 3 is 1.53 bits per heavy atom. The zero-order chi connectivity index (χ0) is 13.3. The van der Waals surface area contributed by atoms with E-state index < -0.39 is 47.2 Å². The largest absolute Gasteiger partial charge is 0.393 e. The van der Waals surface area contributed by atoms with E-state index in [1.54, 1.807) is 0 Å². The lowest BCUT2D eigenvalue weighted by Crippen LogP contribution is -2.28. The van der Waals surface area contributed by atoms with Crippen molar-refractivity contribution in [2.24, 2.45) is 0 Å². The van der Waals surface area contributed by atoms with Crippen LogP contribution in [0.3, 0.4) is 0 Å². The highest BCUT2D eigenvalue weighted by Crippen LogP contribution is 2.30. The van der Waals surface area contributed by atoms with E-state index in [-0.39, 0.29) is 0 Å². The summed E-state index contributed by atoms with van der Waals surface area (Å²) in [5.74, 6) is -8.54. The Bertz CT molecular complexity index is 389. The second-order valence-corrected chi connectivity index (χ2v) is 3.74. The number of rotatable bonds is 3. The van der Waals surface area contributed by atoms with Crippen LogP contribution in [0.25, 0.3) is 0 Å². The van der Waals surface area contributed by atoms with Crippen LogP contribution < -0.4 is 0 Å². The molecule has 0 saturated heterocycles. The summed E-state index contributed by atoms with van der Waals surface area (Å²) in [7, 11) is 0. The van der Waals surface area contributed by atoms with Crippen molar-refractivity contribution in [1.29, 1.82) is 0 Å². The number of aliphatic hydroxyl groups is 2. The van der Waals surface area contributed by atoms with Crippen molar-refractivity contribution in [3.05, 3.63) is 29.1 Å². The van der Waals surface area contributed by atoms with E-state index >= 15 is 0 Å². The fourth-order valence-electron chi connectivity index (χ4n) is 1.68. The molecule has 96 valence electrons. The number of aliphatic hydroxyl groups excluding tert-OH is 2. The molecule has 2 atom stereocenters. The van der Waals surface area contributed by atoms with E-state index in [4.69, 9.17) is 0 Å². The first-order valence-corrected chi connectivity index (χ1v) is 4.83. The van der Waals surface area contributed by atoms with Gasteiger partial charge in [-0.3, -0.25) is 0 Å². The zero-order valence-corrected chi connectivity index (χ0v) is 9.09. The highest BCUT2D eigenvalue weighted by Gasteiger charge is 2.32. The number of hydrogen-bond acceptors (Lipinski definition) is 3. The van der Waals surface area contributed by atoms with Crippen molar-refractivity contribution in [3.63, 3.8) is 0 Å². The molecule has 1 aromatic heterocycles. The summed E-state index contributed by atoms with van der Waals surface area (Å²) < 4.78 is 52.4. The monoisotopic (exact) mass is 253 g/mol. The Labute approximate surface area is 94.7 Å². The van der Waals surface area contributed by atoms with Crippen LogP contribution in [-0.2, 0) is 0 Å². The fraction of sp³-hybridized carbons (Fsp3) is 0.500. The molecule has 0 radical (unpaired) electrons. The molecule has 1 heterocycles. The molecule has 1 rings (SSSR count). The molecule has 1 aromatic rings. The molecule has 0 saturated carbocycles. The molecule has 0 aliphatic rings. The van der Waals surface area contributed by atoms with Gasteiger partial charge in [-0.2, -0.15) is 13.8 Å². The van der Waals surface area contributed by atoms with Crippen molar-refractivity contribution in [2.75, 3.05) is 0 Å². The predicted molar refractivity (Wildman–Crippen MR) is 50.2 cm³/mol. The molecule has 3 nitrogen and oxygen atoms in total. The lowest BCUT2D eigenvalue weighted by Gasteiger charge is -2.24. The molecule has 0 spiro atoms. The Kier molecular flexibility index (Phi) is 4.05. The van der Waals surface area contributed by atoms with Gasteiger partial charge in [-0.25, -0.2) is 8.78 Å². The molecule has 0 aliphatic carbocycles. The van der Waals surface area contributed by atoms with Crippen LogP contribution in [0.1, 0.15) is 25.3 Å². The molecule has 7 heteroatoms. The van der Waals surface area contributed by atoms with E-state index in [9.17, 15) is 27.8 Å². The summed E-state index contributed by atoms with van der Waals surface area (Å²) in [5, 5.41) is 18.6. The average Bonchev–Trinajstić information content (AvgIpc) is 2.20. The molecule has 17 heavy (non-hydrogen) atoms. The standard InChI is InChI=1S/C10H11F4NO2/c1-3(16)5(4(2)17)6-7(11)9(13)15-10(14)8(6)12/h3-5,16-17H,1-2H3. The number of hydrogen-bond donors (Lipinski definition) is 2. The first-order valence-electron chi connectivity index (χ1n) is 4.83. The van der Waals surface area contributed by atoms with Crippen molar-refractivity contribution < 1.29 is 27.8 Å². The molecule has 2 unspecified atom stereocenters. The van der Waals surface area contributed by atoms with Crippen LogP contribution in [0.2, 0.25) is 0 Å². The van der Waals surface area contributed by atoms with Gasteiger partial charge in [0.05, 0.1) is 12.2 Å². The first-order chi connectivity index (χ1) is 7.77. The van der Waals surface area contributed by atoms with E-state index in [1.165, 1.54) is 0 Å². The van der Waals surface area contributed by atoms with Gasteiger partial charge in [0.25, 0.3) is 11.9 Å². The smallest absolute Gasteiger partial charge is 0.252 e. The summed E-state index contributed by atoms with van der Waals surface area (Å²) >= 11 is 0. The second-order valence-electron chi connectivity index (χ2n) is 3.74. The van der Waals surface area contributed by atoms with E-state index in [2.05, 4.69) is 4.98 Å². The normalized spacial score (nSPS) is 16.7. The highest BCUT2D eigenvalue weighted by molar-refractivity contribution is 5.24. The van der Waals surface area contributed by atoms with Crippen LogP contribution in [0.4, 0.5) is 17.6 Å². The zero-order valence-electron chi connectivity index (χ0n) is 9.09. The van der Waals surface area contributed by atoms with E-state index in [0.29, 0.717) is 0 Å². The minimum absolute atomic E-state index is 1.04. The maximum Gasteiger partial charge on any atom is 0.252 e. The van der Waals surface area contributed by atoms with Gasteiger partial charge in [0, 0.05) is 11.5 Å². The van der Waals surface area contributed by atoms with Gasteiger partial charge >= 0.3 is 0 Å². The lowest BCUT2D eigenvalue weighted by atomic mass is 9.89. The third-order valence-electron chi connectivity index (χ3n) is 2.40. The van der Waals surface area contributed by atoms with Gasteiger partial charge in [0.2, 0.25) is 0 Å². The van der Waals surface area contributed by atoms with E-state index in [0.717, 1.165) is 13.8 Å². The van der Waals surface area contributed by atoms with Crippen LogP contribution >= 0.6 is 0 Å². The van der Waals surface area contributed by atoms with Crippen LogP contribution in [-0.4, -0.2) is 27.4 Å². The maximum absolute atomic E-state index is 13.3. The average molecular weight is 253 g/mol. The van der Waals surface area contributed by atoms with Crippen molar-refractivity contribution >= 4 is 0 Å². The van der Waals surface area contributed by atoms with Gasteiger partial charge in [0.1, 0.15) is 0 Å². The number of halogens is 4. The summed E-state index contributed by atoms with van der Waals surface area (Å²) in [5.41, 5.74) is -1.04. The predicted octanol–water partition coefficient (Wildman–Crippen LogP) is 1.48. The Balaban J connectivity index is 3.47. The van der Waals surface area contributed by atoms with Crippen LogP contribution in [0.5, 0.6) is 0 Å². The van der Waals surface area contributed by atoms with Gasteiger partial charge in [0.15, 0.2) is 11.6 Å². The summed E-state index contributed by atoms with van der Waals surface area (Å²) in [4.78, 5) is 2.39. The minimum atomic E-state index is -1.81. The van der Waals surface area contributed by atoms with Crippen molar-refractivity contribution in [3.8, 4) is 0 Å². The summed E-state index contributed by atoms with van der Waals surface area (Å²) in [6.07, 6.45) is -2.78. The summed E-state index contributed by atoms with van der Waals surface area (Å²) in [6, 6.07) is 0. The van der Waals surface area contributed by atoms with Gasteiger partial charge in [-0.15, -0.1) is 0 Å². The maximum atomic E-state index is 13.3. The van der Waals surface area contributed by atoms with Gasteiger partial charge < -0.3 is 10.2 Å². The van der Waals surface area contributed by atoms with Crippen molar-refractivity contribution in [2.45, 2.75) is 32.0 Å². The van der Waals surface area contributed by atoms with Crippen molar-refractivity contribution in [1.82, 2.24) is 4.98 Å². The van der Waals surface area contributed by atoms with Crippen LogP contribution in [0.15, 0.2) is 0 Å². The third-order valence-corrected chi connectivity index (χ3v) is 2.40. The molecule has 0 aromatic carbocycles. The first kappa shape index (κ1) is 13.9. The van der Waals surface area contributed by atoms with Gasteiger partial charge in [-0.05, 0) is 13.8 Å². The Morgan fingerprint density at radius 1 is 0.882 bits per heavy atom. The molecular weight excluding hydrogens is 242 g/mol. The molecule has 0 bridgehead atoms. The highest BCUT2D eigenvalue weighted by atomic mass is 19.2. The molecule has 0 aliphatic heterocycles. The number of nitrogens with zero attached hydrogens (tertiary/aromatic N) is 1. The van der Waals surface area contributed by atoms with E-state index in [1.807, 2.05) is 0 Å². The number of aromatic nitrogens is 1. The third kappa shape index (κ3) is 2.55. The summed E-state index contributed by atoms with van der Waals surface area (Å²) in [6.45, 7) is 2.29. The fourth-order valence-corrected chi connectivity index (χ4v) is 1.68. The van der Waals surface area contributed by atoms with Gasteiger partial charge in [-0.1, -0.05) is 0 Å². The Hall–Kier alpha value is -1.21. The Morgan fingerprint density at radius 2 is 1.24 bits per heavy atom. The molecular formula is C10H11F4NO2. The molecule has 2 N–H and O–H groups in total.